The summed E-state index contributed by atoms with van der Waals surface area (Å²) in [7, 11) is 0. The van der Waals surface area contributed by atoms with Crippen LogP contribution in [-0.4, -0.2) is 11.7 Å². The van der Waals surface area contributed by atoms with Gasteiger partial charge in [-0.25, -0.2) is 0 Å². The van der Waals surface area contributed by atoms with Gasteiger partial charge in [0.15, 0.2) is 5.76 Å². The van der Waals surface area contributed by atoms with Crippen molar-refractivity contribution in [2.75, 3.05) is 6.54 Å². The summed E-state index contributed by atoms with van der Waals surface area (Å²) in [6.07, 6.45) is 12.6. The van der Waals surface area contributed by atoms with Crippen molar-refractivity contribution in [1.82, 2.24) is 10.5 Å². The first-order chi connectivity index (χ1) is 8.45. The Morgan fingerprint density at radius 2 is 1.88 bits per heavy atom. The minimum atomic E-state index is 0.420. The summed E-state index contributed by atoms with van der Waals surface area (Å²) in [6, 6.07) is 0.420. The number of hydrogen-bond acceptors (Lipinski definition) is 3. The quantitative estimate of drug-likeness (QED) is 0.850. The topological polar surface area (TPSA) is 38.1 Å². The van der Waals surface area contributed by atoms with E-state index in [1.165, 1.54) is 56.9 Å². The Kier molecular flexibility index (Phi) is 3.46. The molecule has 2 fully saturated rings. The zero-order chi connectivity index (χ0) is 11.5. The minimum Gasteiger partial charge on any atom is -0.359 e. The normalized spacial score (nSPS) is 27.2. The van der Waals surface area contributed by atoms with Crippen molar-refractivity contribution in [2.45, 2.75) is 63.3 Å². The summed E-state index contributed by atoms with van der Waals surface area (Å²) in [6.45, 7) is 1.12. The molecule has 1 atom stereocenters. The molecule has 0 radical (unpaired) electrons. The summed E-state index contributed by atoms with van der Waals surface area (Å²) in [5.74, 6) is 1.84. The molecule has 2 aliphatic rings. The Labute approximate surface area is 103 Å². The maximum atomic E-state index is 5.54. The minimum absolute atomic E-state index is 0.420. The summed E-state index contributed by atoms with van der Waals surface area (Å²) in [5.41, 5.74) is 1.39. The standard InChI is InChI=1S/C14H22N2O/c1-2-6-11(7-3-1)12-10-16-17-14(12)13-8-4-5-9-15-13/h10-11,13,15H,1-9H2. The van der Waals surface area contributed by atoms with Crippen LogP contribution in [0.1, 0.15) is 74.7 Å². The highest BCUT2D eigenvalue weighted by Gasteiger charge is 2.27. The molecule has 1 aromatic rings. The number of rotatable bonds is 2. The molecule has 1 saturated heterocycles. The fraction of sp³-hybridized carbons (Fsp3) is 0.786. The molecule has 2 heterocycles. The second-order valence-corrected chi connectivity index (χ2v) is 5.48. The number of hydrogen-bond donors (Lipinski definition) is 1. The third kappa shape index (κ3) is 2.39. The fourth-order valence-electron chi connectivity index (χ4n) is 3.32. The van der Waals surface area contributed by atoms with Gasteiger partial charge in [-0.3, -0.25) is 0 Å². The molecular weight excluding hydrogens is 212 g/mol. The van der Waals surface area contributed by atoms with Gasteiger partial charge in [-0.15, -0.1) is 0 Å². The highest BCUT2D eigenvalue weighted by atomic mass is 16.5. The molecule has 3 heteroatoms. The van der Waals surface area contributed by atoms with Crippen LogP contribution in [0.5, 0.6) is 0 Å². The molecule has 1 aromatic heterocycles. The van der Waals surface area contributed by atoms with E-state index in [1.54, 1.807) is 0 Å². The first-order valence-corrected chi connectivity index (χ1v) is 7.13. The Morgan fingerprint density at radius 1 is 1.06 bits per heavy atom. The molecular formula is C14H22N2O. The molecule has 0 bridgehead atoms. The largest absolute Gasteiger partial charge is 0.359 e. The lowest BCUT2D eigenvalue weighted by Gasteiger charge is -2.25. The number of nitrogens with one attached hydrogen (secondary N) is 1. The molecule has 1 saturated carbocycles. The molecule has 1 unspecified atom stereocenters. The Morgan fingerprint density at radius 3 is 2.65 bits per heavy atom. The number of nitrogens with zero attached hydrogens (tertiary/aromatic N) is 1. The first-order valence-electron chi connectivity index (χ1n) is 7.13. The molecule has 1 aliphatic carbocycles. The third-order valence-corrected chi connectivity index (χ3v) is 4.30. The summed E-state index contributed by atoms with van der Waals surface area (Å²) < 4.78 is 5.54. The van der Waals surface area contributed by atoms with Crippen molar-refractivity contribution >= 4 is 0 Å². The smallest absolute Gasteiger partial charge is 0.157 e. The van der Waals surface area contributed by atoms with Crippen LogP contribution in [0, 0.1) is 0 Å². The van der Waals surface area contributed by atoms with E-state index in [1.807, 2.05) is 6.20 Å². The van der Waals surface area contributed by atoms with E-state index in [9.17, 15) is 0 Å². The molecule has 0 aromatic carbocycles. The average molecular weight is 234 g/mol. The SMILES string of the molecule is c1noc(C2CCCCN2)c1C1CCCCC1. The van der Waals surface area contributed by atoms with Crippen molar-refractivity contribution in [3.63, 3.8) is 0 Å². The molecule has 17 heavy (non-hydrogen) atoms. The Balaban J connectivity index is 1.77. The molecule has 1 N–H and O–H groups in total. The third-order valence-electron chi connectivity index (χ3n) is 4.30. The predicted molar refractivity (Wildman–Crippen MR) is 66.9 cm³/mol. The lowest BCUT2D eigenvalue weighted by atomic mass is 9.83. The Hall–Kier alpha value is -0.830. The van der Waals surface area contributed by atoms with Gasteiger partial charge in [0, 0.05) is 5.56 Å². The molecule has 0 spiro atoms. The van der Waals surface area contributed by atoms with Crippen LogP contribution in [0.4, 0.5) is 0 Å². The summed E-state index contributed by atoms with van der Waals surface area (Å²) in [4.78, 5) is 0. The summed E-state index contributed by atoms with van der Waals surface area (Å²) >= 11 is 0. The van der Waals surface area contributed by atoms with Gasteiger partial charge in [-0.1, -0.05) is 30.8 Å². The summed E-state index contributed by atoms with van der Waals surface area (Å²) in [5, 5.41) is 7.62. The number of piperidine rings is 1. The van der Waals surface area contributed by atoms with E-state index < -0.39 is 0 Å². The van der Waals surface area contributed by atoms with Crippen LogP contribution in [0.25, 0.3) is 0 Å². The van der Waals surface area contributed by atoms with Gasteiger partial charge >= 0.3 is 0 Å². The van der Waals surface area contributed by atoms with Crippen LogP contribution in [-0.2, 0) is 0 Å². The van der Waals surface area contributed by atoms with E-state index in [2.05, 4.69) is 10.5 Å². The fourth-order valence-corrected chi connectivity index (χ4v) is 3.32. The average Bonchev–Trinajstić information content (AvgIpc) is 2.90. The second-order valence-electron chi connectivity index (χ2n) is 5.48. The maximum absolute atomic E-state index is 5.54. The molecule has 3 nitrogen and oxygen atoms in total. The van der Waals surface area contributed by atoms with Gasteiger partial charge in [0.2, 0.25) is 0 Å². The molecule has 3 rings (SSSR count). The van der Waals surface area contributed by atoms with Crippen LogP contribution >= 0.6 is 0 Å². The van der Waals surface area contributed by atoms with E-state index in [0.717, 1.165) is 12.3 Å². The van der Waals surface area contributed by atoms with Crippen molar-refractivity contribution < 1.29 is 4.52 Å². The predicted octanol–water partition coefficient (Wildman–Crippen LogP) is 3.54. The molecule has 0 amide bonds. The van der Waals surface area contributed by atoms with Crippen LogP contribution < -0.4 is 5.32 Å². The van der Waals surface area contributed by atoms with Gasteiger partial charge in [-0.05, 0) is 38.1 Å². The van der Waals surface area contributed by atoms with E-state index in [4.69, 9.17) is 4.52 Å². The van der Waals surface area contributed by atoms with Gasteiger partial charge in [-0.2, -0.15) is 0 Å². The number of aromatic nitrogens is 1. The van der Waals surface area contributed by atoms with E-state index in [-0.39, 0.29) is 0 Å². The van der Waals surface area contributed by atoms with Gasteiger partial charge in [0.1, 0.15) is 0 Å². The Bertz CT molecular complexity index is 316. The second kappa shape index (κ2) is 5.21. The molecule has 94 valence electrons. The van der Waals surface area contributed by atoms with Crippen molar-refractivity contribution in [3.05, 3.63) is 17.5 Å². The van der Waals surface area contributed by atoms with Gasteiger partial charge in [0.25, 0.3) is 0 Å². The highest BCUT2D eigenvalue weighted by Crippen LogP contribution is 2.37. The van der Waals surface area contributed by atoms with Crippen LogP contribution in [0.2, 0.25) is 0 Å². The van der Waals surface area contributed by atoms with Crippen molar-refractivity contribution in [2.24, 2.45) is 0 Å². The van der Waals surface area contributed by atoms with Crippen molar-refractivity contribution in [1.29, 1.82) is 0 Å². The van der Waals surface area contributed by atoms with Crippen LogP contribution in [0.3, 0.4) is 0 Å². The monoisotopic (exact) mass is 234 g/mol. The zero-order valence-corrected chi connectivity index (χ0v) is 10.5. The van der Waals surface area contributed by atoms with Gasteiger partial charge in [0.05, 0.1) is 12.2 Å². The van der Waals surface area contributed by atoms with Crippen molar-refractivity contribution in [3.8, 4) is 0 Å². The lowest BCUT2D eigenvalue weighted by Crippen LogP contribution is -2.27. The van der Waals surface area contributed by atoms with Gasteiger partial charge < -0.3 is 9.84 Å². The van der Waals surface area contributed by atoms with Crippen LogP contribution in [0.15, 0.2) is 10.7 Å². The highest BCUT2D eigenvalue weighted by molar-refractivity contribution is 5.22. The van der Waals surface area contributed by atoms with E-state index in [0.29, 0.717) is 12.0 Å². The maximum Gasteiger partial charge on any atom is 0.157 e. The van der Waals surface area contributed by atoms with E-state index >= 15 is 0 Å². The lowest BCUT2D eigenvalue weighted by molar-refractivity contribution is 0.299. The first kappa shape index (κ1) is 11.3. The molecule has 1 aliphatic heterocycles. The zero-order valence-electron chi connectivity index (χ0n) is 10.5.